The molecule has 1 aliphatic heterocycles. The number of halogens is 1. The van der Waals surface area contributed by atoms with E-state index in [2.05, 4.69) is 4.90 Å². The van der Waals surface area contributed by atoms with E-state index in [4.69, 9.17) is 4.74 Å². The van der Waals surface area contributed by atoms with Crippen LogP contribution in [0.4, 0.5) is 4.39 Å². The Morgan fingerprint density at radius 3 is 2.23 bits per heavy atom. The summed E-state index contributed by atoms with van der Waals surface area (Å²) < 4.78 is 18.7. The van der Waals surface area contributed by atoms with Gasteiger partial charge in [-0.1, -0.05) is 26.0 Å². The molecular formula is C24H27FN2O4. The maximum atomic E-state index is 13.5. The predicted molar refractivity (Wildman–Crippen MR) is 116 cm³/mol. The third-order valence-electron chi connectivity index (χ3n) is 5.64. The third-order valence-corrected chi connectivity index (χ3v) is 5.64. The standard InChI is InChI=1S/C24H27FN2O4/c1-4-26(5-2)14-15-27-21(16-6-10-18(25)11-7-16)20(23(29)24(27)30)22(28)17-8-12-19(31-3)13-9-17/h6-13,21,28H,4-5,14-15H2,1-3H3/b22-20+/t21-/m0/s1. The molecule has 1 atom stereocenters. The minimum absolute atomic E-state index is 0.00122. The van der Waals surface area contributed by atoms with Crippen LogP contribution in [0.1, 0.15) is 31.0 Å². The molecule has 1 saturated heterocycles. The summed E-state index contributed by atoms with van der Waals surface area (Å²) in [4.78, 5) is 29.5. The molecule has 6 nitrogen and oxygen atoms in total. The SMILES string of the molecule is CCN(CC)CCN1C(=O)C(=O)/C(=C(/O)c2ccc(OC)cc2)[C@@H]1c1ccc(F)cc1. The summed E-state index contributed by atoms with van der Waals surface area (Å²) in [5.41, 5.74) is 0.964. The molecule has 0 aromatic heterocycles. The van der Waals surface area contributed by atoms with E-state index in [1.165, 1.54) is 36.3 Å². The first-order valence-corrected chi connectivity index (χ1v) is 10.3. The van der Waals surface area contributed by atoms with Gasteiger partial charge in [0.15, 0.2) is 0 Å². The number of hydrogen-bond acceptors (Lipinski definition) is 5. The second-order valence-corrected chi connectivity index (χ2v) is 7.30. The summed E-state index contributed by atoms with van der Waals surface area (Å²) in [6.07, 6.45) is 0. The van der Waals surface area contributed by atoms with Gasteiger partial charge in [-0.25, -0.2) is 4.39 Å². The highest BCUT2D eigenvalue weighted by Gasteiger charge is 2.45. The highest BCUT2D eigenvalue weighted by atomic mass is 19.1. The molecule has 2 aromatic carbocycles. The van der Waals surface area contributed by atoms with Crippen molar-refractivity contribution in [2.45, 2.75) is 19.9 Å². The fraction of sp³-hybridized carbons (Fsp3) is 0.333. The van der Waals surface area contributed by atoms with E-state index in [0.29, 0.717) is 30.0 Å². The number of aliphatic hydroxyl groups excluding tert-OH is 1. The number of ether oxygens (including phenoxy) is 1. The van der Waals surface area contributed by atoms with Crippen molar-refractivity contribution in [3.05, 3.63) is 71.0 Å². The van der Waals surface area contributed by atoms with Crippen molar-refractivity contribution in [3.63, 3.8) is 0 Å². The van der Waals surface area contributed by atoms with Crippen molar-refractivity contribution in [1.82, 2.24) is 9.80 Å². The van der Waals surface area contributed by atoms with E-state index in [-0.39, 0.29) is 11.3 Å². The number of aliphatic hydroxyl groups is 1. The Bertz CT molecular complexity index is 966. The molecule has 0 aliphatic carbocycles. The van der Waals surface area contributed by atoms with Crippen molar-refractivity contribution in [2.75, 3.05) is 33.3 Å². The zero-order valence-electron chi connectivity index (χ0n) is 18.0. The highest BCUT2D eigenvalue weighted by molar-refractivity contribution is 6.46. The Morgan fingerprint density at radius 2 is 1.68 bits per heavy atom. The monoisotopic (exact) mass is 426 g/mol. The van der Waals surface area contributed by atoms with Crippen LogP contribution in [0.15, 0.2) is 54.1 Å². The number of amides is 1. The molecule has 0 spiro atoms. The average Bonchev–Trinajstić information content (AvgIpc) is 3.05. The molecule has 1 amide bonds. The van der Waals surface area contributed by atoms with Gasteiger partial charge in [0, 0.05) is 18.7 Å². The first-order chi connectivity index (χ1) is 14.9. The van der Waals surface area contributed by atoms with Crippen molar-refractivity contribution < 1.29 is 23.8 Å². The molecule has 0 radical (unpaired) electrons. The van der Waals surface area contributed by atoms with Gasteiger partial charge in [0.25, 0.3) is 11.7 Å². The number of nitrogens with zero attached hydrogens (tertiary/aromatic N) is 2. The zero-order chi connectivity index (χ0) is 22.5. The normalized spacial score (nSPS) is 18.1. The molecule has 2 aromatic rings. The lowest BCUT2D eigenvalue weighted by atomic mass is 9.95. The van der Waals surface area contributed by atoms with Gasteiger partial charge in [0.05, 0.1) is 18.7 Å². The van der Waals surface area contributed by atoms with Crippen LogP contribution in [0.25, 0.3) is 5.76 Å². The number of carbonyl (C=O) groups is 2. The summed E-state index contributed by atoms with van der Waals surface area (Å²) in [6, 6.07) is 11.4. The zero-order valence-corrected chi connectivity index (χ0v) is 18.0. The third kappa shape index (κ3) is 4.61. The molecule has 3 rings (SSSR count). The largest absolute Gasteiger partial charge is 0.507 e. The number of Topliss-reactive ketones (excluding diaryl/α,β-unsaturated/α-hetero) is 1. The smallest absolute Gasteiger partial charge is 0.295 e. The lowest BCUT2D eigenvalue weighted by Crippen LogP contribution is -2.38. The van der Waals surface area contributed by atoms with Crippen LogP contribution < -0.4 is 4.74 Å². The van der Waals surface area contributed by atoms with E-state index in [1.807, 2.05) is 13.8 Å². The van der Waals surface area contributed by atoms with E-state index in [1.54, 1.807) is 24.3 Å². The average molecular weight is 426 g/mol. The molecule has 0 unspecified atom stereocenters. The van der Waals surface area contributed by atoms with Crippen LogP contribution in [-0.4, -0.2) is 59.9 Å². The van der Waals surface area contributed by atoms with Gasteiger partial charge in [-0.15, -0.1) is 0 Å². The van der Waals surface area contributed by atoms with Gasteiger partial charge >= 0.3 is 0 Å². The van der Waals surface area contributed by atoms with Gasteiger partial charge in [-0.05, 0) is 55.1 Å². The van der Waals surface area contributed by atoms with Crippen molar-refractivity contribution in [2.24, 2.45) is 0 Å². The second kappa shape index (κ2) is 9.75. The van der Waals surface area contributed by atoms with Gasteiger partial charge in [0.2, 0.25) is 0 Å². The fourth-order valence-electron chi connectivity index (χ4n) is 3.80. The molecule has 31 heavy (non-hydrogen) atoms. The Hall–Kier alpha value is -3.19. The van der Waals surface area contributed by atoms with Crippen LogP contribution in [0, 0.1) is 5.82 Å². The maximum Gasteiger partial charge on any atom is 0.295 e. The van der Waals surface area contributed by atoms with E-state index in [0.717, 1.165) is 13.1 Å². The number of likely N-dealkylation sites (N-methyl/N-ethyl adjacent to an activating group) is 1. The number of likely N-dealkylation sites (tertiary alicyclic amines) is 1. The van der Waals surface area contributed by atoms with E-state index < -0.39 is 23.5 Å². The molecule has 0 bridgehead atoms. The molecule has 0 saturated carbocycles. The van der Waals surface area contributed by atoms with Crippen LogP contribution in [0.5, 0.6) is 5.75 Å². The lowest BCUT2D eigenvalue weighted by molar-refractivity contribution is -0.140. The van der Waals surface area contributed by atoms with E-state index in [9.17, 15) is 19.1 Å². The predicted octanol–water partition coefficient (Wildman–Crippen LogP) is 3.60. The Morgan fingerprint density at radius 1 is 1.06 bits per heavy atom. The molecule has 1 fully saturated rings. The summed E-state index contributed by atoms with van der Waals surface area (Å²) in [6.45, 7) is 6.58. The summed E-state index contributed by atoms with van der Waals surface area (Å²) >= 11 is 0. The number of hydrogen-bond donors (Lipinski definition) is 1. The number of carbonyl (C=O) groups excluding carboxylic acids is 2. The second-order valence-electron chi connectivity index (χ2n) is 7.30. The minimum atomic E-state index is -0.793. The van der Waals surface area contributed by atoms with E-state index >= 15 is 0 Å². The number of ketones is 1. The first-order valence-electron chi connectivity index (χ1n) is 10.3. The number of rotatable bonds is 8. The van der Waals surface area contributed by atoms with Crippen molar-refractivity contribution in [1.29, 1.82) is 0 Å². The maximum absolute atomic E-state index is 13.5. The minimum Gasteiger partial charge on any atom is -0.507 e. The quantitative estimate of drug-likeness (QED) is 0.397. The van der Waals surface area contributed by atoms with Crippen molar-refractivity contribution >= 4 is 17.4 Å². The fourth-order valence-corrected chi connectivity index (χ4v) is 3.80. The number of methoxy groups -OCH3 is 1. The van der Waals surface area contributed by atoms with Crippen LogP contribution >= 0.6 is 0 Å². The summed E-state index contributed by atoms with van der Waals surface area (Å²) in [5.74, 6) is -1.50. The van der Waals surface area contributed by atoms with Crippen molar-refractivity contribution in [3.8, 4) is 5.75 Å². The van der Waals surface area contributed by atoms with Gasteiger partial charge < -0.3 is 19.6 Å². The Balaban J connectivity index is 2.07. The van der Waals surface area contributed by atoms with Gasteiger partial charge in [-0.2, -0.15) is 0 Å². The molecule has 1 aliphatic rings. The molecule has 164 valence electrons. The summed E-state index contributed by atoms with van der Waals surface area (Å²) in [7, 11) is 1.53. The first kappa shape index (κ1) is 22.5. The van der Waals surface area contributed by atoms with Crippen LogP contribution in [-0.2, 0) is 9.59 Å². The Labute approximate surface area is 181 Å². The lowest BCUT2D eigenvalue weighted by Gasteiger charge is -2.28. The van der Waals surface area contributed by atoms with Crippen LogP contribution in [0.3, 0.4) is 0 Å². The molecule has 1 N–H and O–H groups in total. The van der Waals surface area contributed by atoms with Crippen LogP contribution in [0.2, 0.25) is 0 Å². The van der Waals surface area contributed by atoms with Gasteiger partial charge in [0.1, 0.15) is 17.3 Å². The summed E-state index contributed by atoms with van der Waals surface area (Å²) in [5, 5.41) is 11.0. The number of benzene rings is 2. The molecule has 1 heterocycles. The highest BCUT2D eigenvalue weighted by Crippen LogP contribution is 2.39. The van der Waals surface area contributed by atoms with Gasteiger partial charge in [-0.3, -0.25) is 9.59 Å². The molecule has 7 heteroatoms. The Kier molecular flexibility index (Phi) is 7.07. The topological polar surface area (TPSA) is 70.1 Å². The molecular weight excluding hydrogens is 399 g/mol.